The molecule has 0 unspecified atom stereocenters. The molecule has 12 heteroatoms. The second-order valence-electron chi connectivity index (χ2n) is 5.76. The van der Waals surface area contributed by atoms with E-state index in [1.807, 2.05) is 0 Å². The summed E-state index contributed by atoms with van der Waals surface area (Å²) in [6, 6.07) is 7.92. The van der Waals surface area contributed by atoms with Crippen LogP contribution in [0.25, 0.3) is 9.95 Å². The molecule has 0 radical (unpaired) electrons. The van der Waals surface area contributed by atoms with Crippen molar-refractivity contribution in [1.82, 2.24) is 10.6 Å². The van der Waals surface area contributed by atoms with Crippen LogP contribution in [0.4, 0.5) is 11.4 Å². The number of nitrogens with one attached hydrogen (secondary N) is 2. The van der Waals surface area contributed by atoms with Crippen molar-refractivity contribution in [2.75, 3.05) is 24.6 Å². The number of nitrogens with zero attached hydrogens (tertiary/aromatic N) is 4. The highest BCUT2D eigenvalue weighted by molar-refractivity contribution is 8.76. The highest BCUT2D eigenvalue weighted by Crippen LogP contribution is 2.25. The number of benzene rings is 2. The monoisotopic (exact) mass is 446 g/mol. The predicted molar refractivity (Wildman–Crippen MR) is 115 cm³/mol. The molecule has 30 heavy (non-hydrogen) atoms. The Morgan fingerprint density at radius 3 is 1.53 bits per heavy atom. The molecule has 0 fully saturated rings. The molecule has 0 aliphatic carbocycles. The lowest BCUT2D eigenvalue weighted by Crippen LogP contribution is -2.26. The number of carbonyl (C=O) groups excluding carboxylic acids is 2. The smallest absolute Gasteiger partial charge is 0.388 e. The van der Waals surface area contributed by atoms with Crippen LogP contribution in [0, 0.1) is 10.8 Å². The van der Waals surface area contributed by atoms with Crippen molar-refractivity contribution in [2.24, 2.45) is 0 Å². The van der Waals surface area contributed by atoms with Gasteiger partial charge in [-0.2, -0.15) is 0 Å². The van der Waals surface area contributed by atoms with E-state index in [0.717, 1.165) is 0 Å². The van der Waals surface area contributed by atoms with Gasteiger partial charge in [0, 0.05) is 36.7 Å². The molecule has 4 N–H and O–H groups in total. The van der Waals surface area contributed by atoms with Gasteiger partial charge in [-0.05, 0) is 12.1 Å². The molecular formula is C18H18N6O4S2+2. The van der Waals surface area contributed by atoms with Gasteiger partial charge in [-0.15, -0.1) is 0 Å². The number of hydrogen-bond acceptors (Lipinski definition) is 8. The van der Waals surface area contributed by atoms with E-state index in [1.54, 1.807) is 0 Å². The first kappa shape index (κ1) is 22.8. The zero-order valence-corrected chi connectivity index (χ0v) is 17.2. The van der Waals surface area contributed by atoms with Gasteiger partial charge in [0.05, 0.1) is 23.3 Å². The number of rotatable bonds is 9. The molecule has 10 nitrogen and oxygen atoms in total. The van der Waals surface area contributed by atoms with Crippen molar-refractivity contribution in [2.45, 2.75) is 0 Å². The zero-order valence-electron chi connectivity index (χ0n) is 15.6. The Labute approximate surface area is 179 Å². The summed E-state index contributed by atoms with van der Waals surface area (Å²) < 4.78 is 0. The summed E-state index contributed by atoms with van der Waals surface area (Å²) in [7, 11) is 3.01. The third-order valence-electron chi connectivity index (χ3n) is 3.71. The van der Waals surface area contributed by atoms with Gasteiger partial charge in [0.1, 0.15) is 11.5 Å². The van der Waals surface area contributed by atoms with Crippen LogP contribution in [0.15, 0.2) is 36.4 Å². The van der Waals surface area contributed by atoms with Gasteiger partial charge in [-0.3, -0.25) is 9.59 Å². The molecule has 2 aromatic rings. The number of amides is 2. The molecule has 0 atom stereocenters. The minimum Gasteiger partial charge on any atom is -0.507 e. The van der Waals surface area contributed by atoms with Crippen LogP contribution in [0.1, 0.15) is 20.7 Å². The molecule has 2 aromatic carbocycles. The minimum absolute atomic E-state index is 0.0895. The topological polar surface area (TPSA) is 155 Å². The molecule has 0 heterocycles. The number of diazo groups is 2. The molecular weight excluding hydrogens is 428 g/mol. The SMILES string of the molecule is N#[N+]c1ccc(C(=O)NCCSSCCNC(=O)c2ccc([N+]#N)cc2O)c(O)c1. The average molecular weight is 447 g/mol. The molecule has 0 saturated heterocycles. The lowest BCUT2D eigenvalue weighted by Gasteiger charge is -2.07. The average Bonchev–Trinajstić information content (AvgIpc) is 2.74. The third kappa shape index (κ3) is 6.55. The maximum Gasteiger partial charge on any atom is 0.388 e. The van der Waals surface area contributed by atoms with Crippen LogP contribution < -0.4 is 10.6 Å². The minimum atomic E-state index is -0.435. The fourth-order valence-electron chi connectivity index (χ4n) is 2.27. The first-order chi connectivity index (χ1) is 14.5. The molecule has 0 saturated carbocycles. The Morgan fingerprint density at radius 2 is 1.20 bits per heavy atom. The lowest BCUT2D eigenvalue weighted by molar-refractivity contribution is 0.0945. The first-order valence-electron chi connectivity index (χ1n) is 8.63. The molecule has 0 spiro atoms. The van der Waals surface area contributed by atoms with E-state index in [-0.39, 0.29) is 34.0 Å². The maximum absolute atomic E-state index is 12.0. The van der Waals surface area contributed by atoms with Gasteiger partial charge in [0.15, 0.2) is 9.95 Å². The van der Waals surface area contributed by atoms with Crippen LogP contribution >= 0.6 is 21.6 Å². The highest BCUT2D eigenvalue weighted by atomic mass is 33.1. The predicted octanol–water partition coefficient (Wildman–Crippen LogP) is 3.61. The normalized spacial score (nSPS) is 9.93. The van der Waals surface area contributed by atoms with Crippen molar-refractivity contribution < 1.29 is 19.8 Å². The quantitative estimate of drug-likeness (QED) is 0.259. The second kappa shape index (κ2) is 11.5. The highest BCUT2D eigenvalue weighted by Gasteiger charge is 2.16. The van der Waals surface area contributed by atoms with Crippen LogP contribution in [-0.2, 0) is 0 Å². The van der Waals surface area contributed by atoms with Crippen molar-refractivity contribution >= 4 is 44.8 Å². The summed E-state index contributed by atoms with van der Waals surface area (Å²) in [4.78, 5) is 29.9. The van der Waals surface area contributed by atoms with Crippen LogP contribution in [0.3, 0.4) is 0 Å². The zero-order chi connectivity index (χ0) is 21.9. The largest absolute Gasteiger partial charge is 0.507 e. The van der Waals surface area contributed by atoms with E-state index < -0.39 is 11.8 Å². The van der Waals surface area contributed by atoms with E-state index in [2.05, 4.69) is 20.6 Å². The van der Waals surface area contributed by atoms with Crippen LogP contribution in [-0.4, -0.2) is 46.6 Å². The number of phenolic OH excluding ortho intramolecular Hbond substituents is 2. The third-order valence-corrected chi connectivity index (χ3v) is 6.12. The van der Waals surface area contributed by atoms with Crippen LogP contribution in [0.5, 0.6) is 11.5 Å². The van der Waals surface area contributed by atoms with E-state index in [0.29, 0.717) is 24.6 Å². The second-order valence-corrected chi connectivity index (χ2v) is 8.46. The van der Waals surface area contributed by atoms with Gasteiger partial charge >= 0.3 is 11.4 Å². The molecule has 2 rings (SSSR count). The number of phenols is 2. The summed E-state index contributed by atoms with van der Waals surface area (Å²) in [5, 5.41) is 42.1. The fraction of sp³-hybridized carbons (Fsp3) is 0.222. The first-order valence-corrected chi connectivity index (χ1v) is 11.1. The van der Waals surface area contributed by atoms with Gasteiger partial charge in [0.25, 0.3) is 11.8 Å². The Hall–Kier alpha value is -3.48. The van der Waals surface area contributed by atoms with Crippen molar-refractivity contribution in [3.05, 3.63) is 57.5 Å². The van der Waals surface area contributed by atoms with E-state index in [1.165, 1.54) is 58.0 Å². The number of hydrogen-bond donors (Lipinski definition) is 4. The van der Waals surface area contributed by atoms with Crippen LogP contribution in [0.2, 0.25) is 0 Å². The lowest BCUT2D eigenvalue weighted by atomic mass is 10.1. The summed E-state index contributed by atoms with van der Waals surface area (Å²) in [6.07, 6.45) is 0. The maximum atomic E-state index is 12.0. The Bertz CT molecular complexity index is 937. The van der Waals surface area contributed by atoms with Gasteiger partial charge in [-0.25, -0.2) is 0 Å². The van der Waals surface area contributed by atoms with Crippen molar-refractivity contribution in [3.63, 3.8) is 0 Å². The molecule has 0 aliphatic heterocycles. The molecule has 0 aromatic heterocycles. The summed E-state index contributed by atoms with van der Waals surface area (Å²) in [6.45, 7) is 0.759. The molecule has 0 aliphatic rings. The summed E-state index contributed by atoms with van der Waals surface area (Å²) in [5.41, 5.74) is 0.477. The number of aromatic hydroxyl groups is 2. The fourth-order valence-corrected chi connectivity index (χ4v) is 4.08. The van der Waals surface area contributed by atoms with Gasteiger partial charge in [0.2, 0.25) is 10.8 Å². The molecule has 0 bridgehead atoms. The van der Waals surface area contributed by atoms with Gasteiger partial charge in [-0.1, -0.05) is 21.6 Å². The Kier molecular flexibility index (Phi) is 8.75. The summed E-state index contributed by atoms with van der Waals surface area (Å²) in [5.74, 6) is -0.187. The number of carbonyl (C=O) groups is 2. The van der Waals surface area contributed by atoms with E-state index >= 15 is 0 Å². The Balaban J connectivity index is 1.61. The standard InChI is InChI=1S/C18H16N6O4S2/c19-23-11-1-3-13(15(25)9-11)17(27)21-5-7-29-30-8-6-22-18(28)14-4-2-12(24-20)10-16(14)26/h1-4,9-10H,5-8H2,(H2-2,21,22,25,26,27,28)/p+2. The Morgan fingerprint density at radius 1 is 0.800 bits per heavy atom. The van der Waals surface area contributed by atoms with E-state index in [4.69, 9.17) is 10.8 Å². The van der Waals surface area contributed by atoms with Crippen molar-refractivity contribution in [3.8, 4) is 11.5 Å². The molecule has 2 amide bonds. The summed E-state index contributed by atoms with van der Waals surface area (Å²) >= 11 is 0. The van der Waals surface area contributed by atoms with Gasteiger partial charge < -0.3 is 20.8 Å². The van der Waals surface area contributed by atoms with E-state index in [9.17, 15) is 19.8 Å². The van der Waals surface area contributed by atoms with Crippen molar-refractivity contribution in [1.29, 1.82) is 10.8 Å². The molecule has 154 valence electrons.